The summed E-state index contributed by atoms with van der Waals surface area (Å²) in [7, 11) is 1.87. The Morgan fingerprint density at radius 1 is 1.21 bits per heavy atom. The molecule has 0 aliphatic rings. The van der Waals surface area contributed by atoms with Crippen molar-refractivity contribution in [2.24, 2.45) is 0 Å². The van der Waals surface area contributed by atoms with Crippen LogP contribution in [0.15, 0.2) is 42.5 Å². The Morgan fingerprint density at radius 2 is 2.00 bits per heavy atom. The molecule has 0 fully saturated rings. The Labute approximate surface area is 117 Å². The third kappa shape index (κ3) is 3.63. The van der Waals surface area contributed by atoms with Gasteiger partial charge in [0, 0.05) is 12.1 Å². The fourth-order valence-electron chi connectivity index (χ4n) is 1.85. The maximum Gasteiger partial charge on any atom is 0.142 e. The summed E-state index contributed by atoms with van der Waals surface area (Å²) >= 11 is 6.16. The Hall–Kier alpha value is -1.71. The van der Waals surface area contributed by atoms with Crippen molar-refractivity contribution in [1.82, 2.24) is 5.32 Å². The number of rotatable bonds is 5. The van der Waals surface area contributed by atoms with E-state index in [1.54, 1.807) is 24.3 Å². The summed E-state index contributed by atoms with van der Waals surface area (Å²) in [5.41, 5.74) is 1.91. The van der Waals surface area contributed by atoms with Crippen LogP contribution in [-0.2, 0) is 13.2 Å². The minimum atomic E-state index is 0.232. The number of benzene rings is 2. The lowest BCUT2D eigenvalue weighted by Gasteiger charge is -2.13. The fourth-order valence-corrected chi connectivity index (χ4v) is 2.10. The van der Waals surface area contributed by atoms with Gasteiger partial charge in [-0.05, 0) is 30.8 Å². The molecule has 0 bridgehead atoms. The Balaban J connectivity index is 2.14. The van der Waals surface area contributed by atoms with Gasteiger partial charge in [0.25, 0.3) is 0 Å². The van der Waals surface area contributed by atoms with Crippen molar-refractivity contribution in [1.29, 1.82) is 0 Å². The number of aromatic hydroxyl groups is 1. The van der Waals surface area contributed by atoms with E-state index in [2.05, 4.69) is 5.32 Å². The number of ether oxygens (including phenoxy) is 1. The van der Waals surface area contributed by atoms with Gasteiger partial charge in [-0.1, -0.05) is 35.9 Å². The molecule has 0 aromatic heterocycles. The van der Waals surface area contributed by atoms with Gasteiger partial charge in [0.05, 0.1) is 5.02 Å². The van der Waals surface area contributed by atoms with Crippen LogP contribution in [0.1, 0.15) is 11.1 Å². The highest BCUT2D eigenvalue weighted by atomic mass is 35.5. The van der Waals surface area contributed by atoms with Gasteiger partial charge < -0.3 is 15.2 Å². The van der Waals surface area contributed by atoms with E-state index in [0.717, 1.165) is 11.1 Å². The van der Waals surface area contributed by atoms with Crippen LogP contribution >= 0.6 is 11.6 Å². The molecule has 0 unspecified atom stereocenters. The van der Waals surface area contributed by atoms with Gasteiger partial charge in [-0.15, -0.1) is 0 Å². The lowest BCUT2D eigenvalue weighted by molar-refractivity contribution is 0.302. The predicted octanol–water partition coefficient (Wildman–Crippen LogP) is 3.34. The third-order valence-corrected chi connectivity index (χ3v) is 3.01. The standard InChI is InChI=1S/C15H16ClNO2/c1-17-9-12-5-3-7-14(16)15(12)19-10-11-4-2-6-13(18)8-11/h2-8,17-18H,9-10H2,1H3. The summed E-state index contributed by atoms with van der Waals surface area (Å²) in [5.74, 6) is 0.914. The molecule has 0 aliphatic carbocycles. The van der Waals surface area contributed by atoms with E-state index >= 15 is 0 Å². The first kappa shape index (κ1) is 13.7. The molecule has 0 aliphatic heterocycles. The van der Waals surface area contributed by atoms with Gasteiger partial charge in [0.15, 0.2) is 0 Å². The van der Waals surface area contributed by atoms with Crippen molar-refractivity contribution in [2.45, 2.75) is 13.2 Å². The number of phenolic OH excluding ortho intramolecular Hbond substituents is 1. The molecule has 2 aromatic rings. The molecule has 3 nitrogen and oxygen atoms in total. The predicted molar refractivity (Wildman–Crippen MR) is 76.7 cm³/mol. The molecule has 2 rings (SSSR count). The molecular weight excluding hydrogens is 262 g/mol. The Bertz CT molecular complexity index is 558. The number of halogens is 1. The first-order chi connectivity index (χ1) is 9.20. The Morgan fingerprint density at radius 3 is 2.74 bits per heavy atom. The highest BCUT2D eigenvalue weighted by Gasteiger charge is 2.08. The molecule has 0 saturated carbocycles. The van der Waals surface area contributed by atoms with Gasteiger partial charge in [-0.3, -0.25) is 0 Å². The second-order valence-electron chi connectivity index (χ2n) is 4.22. The summed E-state index contributed by atoms with van der Waals surface area (Å²) in [6.07, 6.45) is 0. The first-order valence-electron chi connectivity index (χ1n) is 6.03. The molecule has 4 heteroatoms. The van der Waals surface area contributed by atoms with Crippen LogP contribution in [0.3, 0.4) is 0 Å². The van der Waals surface area contributed by atoms with Crippen molar-refractivity contribution in [3.8, 4) is 11.5 Å². The van der Waals surface area contributed by atoms with E-state index < -0.39 is 0 Å². The fraction of sp³-hybridized carbons (Fsp3) is 0.200. The molecule has 0 heterocycles. The third-order valence-electron chi connectivity index (χ3n) is 2.71. The Kier molecular flexibility index (Phi) is 4.66. The molecular formula is C15H16ClNO2. The number of para-hydroxylation sites is 1. The van der Waals surface area contributed by atoms with E-state index in [1.165, 1.54) is 0 Å². The average Bonchev–Trinajstić information content (AvgIpc) is 2.38. The van der Waals surface area contributed by atoms with Gasteiger partial charge in [-0.2, -0.15) is 0 Å². The topological polar surface area (TPSA) is 41.5 Å². The van der Waals surface area contributed by atoms with Crippen LogP contribution in [0.2, 0.25) is 5.02 Å². The van der Waals surface area contributed by atoms with Crippen LogP contribution in [0, 0.1) is 0 Å². The van der Waals surface area contributed by atoms with Gasteiger partial charge in [0.1, 0.15) is 18.1 Å². The van der Waals surface area contributed by atoms with Crippen molar-refractivity contribution in [3.63, 3.8) is 0 Å². The van der Waals surface area contributed by atoms with Crippen molar-refractivity contribution in [2.75, 3.05) is 7.05 Å². The highest BCUT2D eigenvalue weighted by molar-refractivity contribution is 6.32. The minimum Gasteiger partial charge on any atom is -0.508 e. The molecule has 100 valence electrons. The quantitative estimate of drug-likeness (QED) is 0.881. The van der Waals surface area contributed by atoms with Crippen LogP contribution in [-0.4, -0.2) is 12.2 Å². The summed E-state index contributed by atoms with van der Waals surface area (Å²) in [5, 5.41) is 13.1. The molecule has 0 atom stereocenters. The van der Waals surface area contributed by atoms with Gasteiger partial charge in [0.2, 0.25) is 0 Å². The zero-order valence-corrected chi connectivity index (χ0v) is 11.4. The lowest BCUT2D eigenvalue weighted by atomic mass is 10.2. The van der Waals surface area contributed by atoms with Crippen LogP contribution in [0.4, 0.5) is 0 Å². The van der Waals surface area contributed by atoms with Crippen LogP contribution in [0.5, 0.6) is 11.5 Å². The normalized spacial score (nSPS) is 10.4. The number of hydrogen-bond donors (Lipinski definition) is 2. The lowest BCUT2D eigenvalue weighted by Crippen LogP contribution is -2.07. The van der Waals surface area contributed by atoms with Crippen LogP contribution in [0.25, 0.3) is 0 Å². The average molecular weight is 278 g/mol. The molecule has 0 spiro atoms. The SMILES string of the molecule is CNCc1cccc(Cl)c1OCc1cccc(O)c1. The number of phenols is 1. The summed E-state index contributed by atoms with van der Waals surface area (Å²) < 4.78 is 5.78. The van der Waals surface area contributed by atoms with Crippen molar-refractivity contribution in [3.05, 3.63) is 58.6 Å². The molecule has 2 N–H and O–H groups in total. The molecule has 2 aromatic carbocycles. The maximum absolute atomic E-state index is 9.41. The van der Waals surface area contributed by atoms with E-state index in [0.29, 0.717) is 23.9 Å². The molecule has 0 amide bonds. The second-order valence-corrected chi connectivity index (χ2v) is 4.62. The summed E-state index contributed by atoms with van der Waals surface area (Å²) in [4.78, 5) is 0. The first-order valence-corrected chi connectivity index (χ1v) is 6.41. The van der Waals surface area contributed by atoms with E-state index in [-0.39, 0.29) is 5.75 Å². The van der Waals surface area contributed by atoms with Crippen molar-refractivity contribution >= 4 is 11.6 Å². The molecule has 0 radical (unpaired) electrons. The van der Waals surface area contributed by atoms with E-state index in [1.807, 2.05) is 25.2 Å². The molecule has 19 heavy (non-hydrogen) atoms. The minimum absolute atomic E-state index is 0.232. The van der Waals surface area contributed by atoms with Crippen molar-refractivity contribution < 1.29 is 9.84 Å². The van der Waals surface area contributed by atoms with E-state index in [4.69, 9.17) is 16.3 Å². The largest absolute Gasteiger partial charge is 0.508 e. The van der Waals surface area contributed by atoms with Gasteiger partial charge in [-0.25, -0.2) is 0 Å². The monoisotopic (exact) mass is 277 g/mol. The maximum atomic E-state index is 9.41. The van der Waals surface area contributed by atoms with Gasteiger partial charge >= 0.3 is 0 Å². The van der Waals surface area contributed by atoms with Crippen LogP contribution < -0.4 is 10.1 Å². The van der Waals surface area contributed by atoms with E-state index in [9.17, 15) is 5.11 Å². The zero-order chi connectivity index (χ0) is 13.7. The zero-order valence-electron chi connectivity index (χ0n) is 10.7. The highest BCUT2D eigenvalue weighted by Crippen LogP contribution is 2.29. The number of nitrogens with one attached hydrogen (secondary N) is 1. The second kappa shape index (κ2) is 6.45. The smallest absolute Gasteiger partial charge is 0.142 e. The molecule has 0 saturated heterocycles. The summed E-state index contributed by atoms with van der Waals surface area (Å²) in [6.45, 7) is 1.06. The number of hydrogen-bond acceptors (Lipinski definition) is 3. The summed E-state index contributed by atoms with van der Waals surface area (Å²) in [6, 6.07) is 12.7.